The zero-order valence-electron chi connectivity index (χ0n) is 17.2. The highest BCUT2D eigenvalue weighted by atomic mass is 16.5. The molecule has 0 radical (unpaired) electrons. The van der Waals surface area contributed by atoms with E-state index >= 15 is 0 Å². The molecule has 3 rings (SSSR count). The van der Waals surface area contributed by atoms with Gasteiger partial charge in [0, 0.05) is 32.7 Å². The van der Waals surface area contributed by atoms with Crippen LogP contribution >= 0.6 is 0 Å². The van der Waals surface area contributed by atoms with Crippen molar-refractivity contribution in [1.29, 1.82) is 0 Å². The van der Waals surface area contributed by atoms with Gasteiger partial charge in [-0.1, -0.05) is 42.5 Å². The second kappa shape index (κ2) is 10.1. The highest BCUT2D eigenvalue weighted by molar-refractivity contribution is 5.79. The molecular weight excluding hydrogens is 366 g/mol. The third kappa shape index (κ3) is 6.06. The number of aryl methyl sites for hydroxylation is 1. The maximum absolute atomic E-state index is 12.6. The number of hydrogen-bond donors (Lipinski definition) is 1. The molecule has 0 spiro atoms. The number of carbonyl (C=O) groups excluding carboxylic acids is 2. The van der Waals surface area contributed by atoms with Crippen LogP contribution in [0.4, 0.5) is 0 Å². The number of carbonyl (C=O) groups is 2. The number of benzene rings is 2. The highest BCUT2D eigenvalue weighted by Gasteiger charge is 2.22. The maximum atomic E-state index is 12.6. The molecule has 2 aromatic rings. The van der Waals surface area contributed by atoms with Gasteiger partial charge in [-0.15, -0.1) is 0 Å². The van der Waals surface area contributed by atoms with E-state index in [1.807, 2.05) is 60.4 Å². The van der Waals surface area contributed by atoms with Crippen LogP contribution in [0, 0.1) is 6.92 Å². The first-order chi connectivity index (χ1) is 14.0. The van der Waals surface area contributed by atoms with Crippen molar-refractivity contribution in [1.82, 2.24) is 15.1 Å². The van der Waals surface area contributed by atoms with E-state index in [-0.39, 0.29) is 11.8 Å². The quantitative estimate of drug-likeness (QED) is 0.779. The average molecular weight is 396 g/mol. The number of nitrogens with one attached hydrogen (secondary N) is 1. The smallest absolute Gasteiger partial charge is 0.234 e. The summed E-state index contributed by atoms with van der Waals surface area (Å²) in [7, 11) is 1.64. The van der Waals surface area contributed by atoms with Crippen molar-refractivity contribution in [2.45, 2.75) is 19.9 Å². The zero-order chi connectivity index (χ0) is 20.6. The molecule has 6 nitrogen and oxygen atoms in total. The molecule has 0 atom stereocenters. The summed E-state index contributed by atoms with van der Waals surface area (Å²) >= 11 is 0. The van der Waals surface area contributed by atoms with Crippen LogP contribution < -0.4 is 10.1 Å². The number of rotatable bonds is 7. The Bertz CT molecular complexity index is 831. The molecule has 154 valence electrons. The van der Waals surface area contributed by atoms with Gasteiger partial charge in [-0.2, -0.15) is 0 Å². The van der Waals surface area contributed by atoms with E-state index in [0.29, 0.717) is 45.7 Å². The molecule has 1 saturated heterocycles. The molecule has 2 aromatic carbocycles. The predicted molar refractivity (Wildman–Crippen MR) is 113 cm³/mol. The minimum atomic E-state index is 0.0142. The summed E-state index contributed by atoms with van der Waals surface area (Å²) in [6.07, 6.45) is 0.369. The largest absolute Gasteiger partial charge is 0.496 e. The van der Waals surface area contributed by atoms with Crippen LogP contribution in [-0.2, 0) is 22.6 Å². The molecule has 6 heteroatoms. The van der Waals surface area contributed by atoms with Crippen LogP contribution in [0.3, 0.4) is 0 Å². The summed E-state index contributed by atoms with van der Waals surface area (Å²) in [5, 5.41) is 2.96. The molecule has 1 aliphatic heterocycles. The zero-order valence-corrected chi connectivity index (χ0v) is 17.2. The fourth-order valence-electron chi connectivity index (χ4n) is 3.47. The van der Waals surface area contributed by atoms with Crippen LogP contribution in [0.5, 0.6) is 5.75 Å². The molecular formula is C23H29N3O3. The lowest BCUT2D eigenvalue weighted by atomic mass is 10.1. The van der Waals surface area contributed by atoms with Crippen LogP contribution in [0.15, 0.2) is 48.5 Å². The molecule has 1 N–H and O–H groups in total. The lowest BCUT2D eigenvalue weighted by Gasteiger charge is -2.34. The topological polar surface area (TPSA) is 61.9 Å². The minimum absolute atomic E-state index is 0.0142. The van der Waals surface area contributed by atoms with Crippen molar-refractivity contribution >= 4 is 11.8 Å². The SMILES string of the molecule is COc1cc(CC(=O)N2CCN(CC(=O)NCc3ccccc3)CC2)ccc1C. The fraction of sp³-hybridized carbons (Fsp3) is 0.391. The van der Waals surface area contributed by atoms with E-state index in [0.717, 1.165) is 22.4 Å². The number of methoxy groups -OCH3 is 1. The van der Waals surface area contributed by atoms with Crippen molar-refractivity contribution in [2.24, 2.45) is 0 Å². The van der Waals surface area contributed by atoms with E-state index in [4.69, 9.17) is 4.74 Å². The molecule has 1 aliphatic rings. The Labute approximate surface area is 172 Å². The lowest BCUT2D eigenvalue weighted by molar-refractivity contribution is -0.132. The third-order valence-corrected chi connectivity index (χ3v) is 5.25. The Morgan fingerprint density at radius 1 is 1.00 bits per heavy atom. The van der Waals surface area contributed by atoms with Gasteiger partial charge in [-0.3, -0.25) is 14.5 Å². The van der Waals surface area contributed by atoms with E-state index in [1.54, 1.807) is 7.11 Å². The Balaban J connectivity index is 1.41. The van der Waals surface area contributed by atoms with Crippen molar-refractivity contribution < 1.29 is 14.3 Å². The van der Waals surface area contributed by atoms with E-state index in [1.165, 1.54) is 0 Å². The molecule has 29 heavy (non-hydrogen) atoms. The summed E-state index contributed by atoms with van der Waals surface area (Å²) in [5.74, 6) is 0.936. The highest BCUT2D eigenvalue weighted by Crippen LogP contribution is 2.19. The summed E-state index contributed by atoms with van der Waals surface area (Å²) in [4.78, 5) is 28.8. The van der Waals surface area contributed by atoms with E-state index in [2.05, 4.69) is 10.2 Å². The van der Waals surface area contributed by atoms with Crippen LogP contribution in [0.1, 0.15) is 16.7 Å². The fourth-order valence-corrected chi connectivity index (χ4v) is 3.47. The van der Waals surface area contributed by atoms with Gasteiger partial charge >= 0.3 is 0 Å². The van der Waals surface area contributed by atoms with Gasteiger partial charge in [-0.25, -0.2) is 0 Å². The monoisotopic (exact) mass is 395 g/mol. The normalized spacial score (nSPS) is 14.5. The molecule has 0 bridgehead atoms. The van der Waals surface area contributed by atoms with Crippen LogP contribution in [-0.4, -0.2) is 61.4 Å². The Morgan fingerprint density at radius 3 is 2.41 bits per heavy atom. The Morgan fingerprint density at radius 2 is 1.72 bits per heavy atom. The summed E-state index contributed by atoms with van der Waals surface area (Å²) in [6, 6.07) is 15.8. The second-order valence-corrected chi connectivity index (χ2v) is 7.40. The third-order valence-electron chi connectivity index (χ3n) is 5.25. The minimum Gasteiger partial charge on any atom is -0.496 e. The molecule has 0 aliphatic carbocycles. The number of piperazine rings is 1. The Kier molecular flexibility index (Phi) is 7.25. The summed E-state index contributed by atoms with van der Waals surface area (Å²) in [6.45, 7) is 5.60. The molecule has 1 heterocycles. The number of amides is 2. The maximum Gasteiger partial charge on any atom is 0.234 e. The van der Waals surface area contributed by atoms with Crippen molar-refractivity contribution in [3.05, 3.63) is 65.2 Å². The second-order valence-electron chi connectivity index (χ2n) is 7.40. The first kappa shape index (κ1) is 20.9. The number of hydrogen-bond acceptors (Lipinski definition) is 4. The molecule has 1 fully saturated rings. The van der Waals surface area contributed by atoms with Crippen molar-refractivity contribution in [2.75, 3.05) is 39.8 Å². The number of nitrogens with zero attached hydrogens (tertiary/aromatic N) is 2. The van der Waals surface area contributed by atoms with Gasteiger partial charge < -0.3 is 15.0 Å². The lowest BCUT2D eigenvalue weighted by Crippen LogP contribution is -2.51. The van der Waals surface area contributed by atoms with Crippen molar-refractivity contribution in [3.8, 4) is 5.75 Å². The molecule has 0 saturated carbocycles. The van der Waals surface area contributed by atoms with E-state index in [9.17, 15) is 9.59 Å². The van der Waals surface area contributed by atoms with Crippen LogP contribution in [0.2, 0.25) is 0 Å². The number of ether oxygens (including phenoxy) is 1. The standard InChI is InChI=1S/C23H29N3O3/c1-18-8-9-20(14-21(18)29-2)15-23(28)26-12-10-25(11-13-26)17-22(27)24-16-19-6-4-3-5-7-19/h3-9,14H,10-13,15-17H2,1-2H3,(H,24,27). The van der Waals surface area contributed by atoms with Gasteiger partial charge in [0.2, 0.25) is 11.8 Å². The first-order valence-electron chi connectivity index (χ1n) is 9.99. The Hall–Kier alpha value is -2.86. The average Bonchev–Trinajstić information content (AvgIpc) is 2.75. The first-order valence-corrected chi connectivity index (χ1v) is 9.99. The van der Waals surface area contributed by atoms with Gasteiger partial charge in [0.1, 0.15) is 5.75 Å². The molecule has 2 amide bonds. The van der Waals surface area contributed by atoms with Gasteiger partial charge in [0.15, 0.2) is 0 Å². The van der Waals surface area contributed by atoms with Gasteiger partial charge in [0.25, 0.3) is 0 Å². The van der Waals surface area contributed by atoms with Crippen LogP contribution in [0.25, 0.3) is 0 Å². The van der Waals surface area contributed by atoms with Gasteiger partial charge in [0.05, 0.1) is 20.1 Å². The summed E-state index contributed by atoms with van der Waals surface area (Å²) < 4.78 is 5.34. The van der Waals surface area contributed by atoms with Gasteiger partial charge in [-0.05, 0) is 29.7 Å². The van der Waals surface area contributed by atoms with E-state index < -0.39 is 0 Å². The molecule has 0 aromatic heterocycles. The van der Waals surface area contributed by atoms with Crippen molar-refractivity contribution in [3.63, 3.8) is 0 Å². The predicted octanol–water partition coefficient (Wildman–Crippen LogP) is 2.01. The summed E-state index contributed by atoms with van der Waals surface area (Å²) in [5.41, 5.74) is 3.10. The molecule has 0 unspecified atom stereocenters.